The second-order valence-corrected chi connectivity index (χ2v) is 7.33. The highest BCUT2D eigenvalue weighted by atomic mass is 32.1. The molecule has 1 saturated carbocycles. The number of thiophene rings is 1. The lowest BCUT2D eigenvalue weighted by Gasteiger charge is -2.08. The molecule has 1 aliphatic carbocycles. The van der Waals surface area contributed by atoms with E-state index in [2.05, 4.69) is 38.4 Å². The fourth-order valence-electron chi connectivity index (χ4n) is 2.67. The molecule has 3 aromatic rings. The Bertz CT molecular complexity index is 931. The topological polar surface area (TPSA) is 83.6 Å². The molecule has 0 amide bonds. The zero-order chi connectivity index (χ0) is 17.4. The van der Waals surface area contributed by atoms with Gasteiger partial charge in [0.05, 0.1) is 9.75 Å². The maximum atomic E-state index is 11.5. The van der Waals surface area contributed by atoms with Crippen LogP contribution < -0.4 is 10.8 Å². The van der Waals surface area contributed by atoms with E-state index in [1.54, 1.807) is 6.92 Å². The summed E-state index contributed by atoms with van der Waals surface area (Å²) in [6.45, 7) is 3.64. The van der Waals surface area contributed by atoms with Crippen molar-refractivity contribution in [2.75, 3.05) is 5.32 Å². The summed E-state index contributed by atoms with van der Waals surface area (Å²) in [5, 5.41) is 10.7. The van der Waals surface area contributed by atoms with Crippen LogP contribution in [0.3, 0.4) is 0 Å². The molecule has 25 heavy (non-hydrogen) atoms. The van der Waals surface area contributed by atoms with Crippen molar-refractivity contribution in [2.24, 2.45) is 0 Å². The van der Waals surface area contributed by atoms with Gasteiger partial charge in [0.2, 0.25) is 0 Å². The van der Waals surface area contributed by atoms with Crippen LogP contribution in [0.4, 0.5) is 11.6 Å². The molecule has 4 rings (SSSR count). The van der Waals surface area contributed by atoms with Gasteiger partial charge in [-0.1, -0.05) is 6.82 Å². The van der Waals surface area contributed by atoms with Gasteiger partial charge in [0, 0.05) is 23.9 Å². The third-order valence-electron chi connectivity index (χ3n) is 4.28. The zero-order valence-corrected chi connectivity index (χ0v) is 15.0. The molecule has 3 heterocycles. The Hall–Kier alpha value is -2.48. The number of nitrogens with zero attached hydrogens (tertiary/aromatic N) is 3. The highest BCUT2D eigenvalue weighted by Gasteiger charge is 2.25. The summed E-state index contributed by atoms with van der Waals surface area (Å²) in [4.78, 5) is 22.2. The summed E-state index contributed by atoms with van der Waals surface area (Å²) in [6, 6.07) is 5.77. The lowest BCUT2D eigenvalue weighted by Crippen LogP contribution is -2.19. The summed E-state index contributed by atoms with van der Waals surface area (Å²) in [5.74, 6) is 2.85. The van der Waals surface area contributed by atoms with Crippen molar-refractivity contribution in [2.45, 2.75) is 32.5 Å². The van der Waals surface area contributed by atoms with E-state index in [4.69, 9.17) is 0 Å². The Labute approximate surface area is 150 Å². The fourth-order valence-corrected chi connectivity index (χ4v) is 3.51. The van der Waals surface area contributed by atoms with E-state index in [0.29, 0.717) is 16.6 Å². The van der Waals surface area contributed by atoms with Crippen molar-refractivity contribution in [3.8, 4) is 10.7 Å². The van der Waals surface area contributed by atoms with E-state index >= 15 is 0 Å². The molecule has 0 saturated heterocycles. The lowest BCUT2D eigenvalue weighted by molar-refractivity contribution is 0.102. The first-order valence-corrected chi connectivity index (χ1v) is 9.25. The molecule has 126 valence electrons. The second kappa shape index (κ2) is 6.44. The Balaban J connectivity index is 1.63. The monoisotopic (exact) mass is 351 g/mol. The van der Waals surface area contributed by atoms with Gasteiger partial charge in [-0.3, -0.25) is 9.89 Å². The quantitative estimate of drug-likeness (QED) is 0.527. The van der Waals surface area contributed by atoms with E-state index in [9.17, 15) is 4.79 Å². The molecule has 0 bridgehead atoms. The van der Waals surface area contributed by atoms with Crippen molar-refractivity contribution in [3.63, 3.8) is 0 Å². The third kappa shape index (κ3) is 3.35. The minimum Gasteiger partial charge on any atom is -0.324 e. The van der Waals surface area contributed by atoms with Gasteiger partial charge in [0.15, 0.2) is 24.7 Å². The number of hydrogen-bond acceptors (Lipinski definition) is 6. The van der Waals surface area contributed by atoms with Crippen LogP contribution in [-0.2, 0) is 0 Å². The molecule has 0 spiro atoms. The molecule has 1 fully saturated rings. The Kier molecular flexibility index (Phi) is 4.13. The van der Waals surface area contributed by atoms with Crippen LogP contribution >= 0.6 is 11.3 Å². The number of Topliss-reactive ketones (excluding diaryl/α,β-unsaturated/α-hetero) is 1. The van der Waals surface area contributed by atoms with Crippen LogP contribution in [0.2, 0.25) is 6.82 Å². The minimum atomic E-state index is 0.0592. The SMILES string of the molecule is CBc1cnc(-c2ccc(C(C)=O)s2)nc1Nc1cc(C2CC2)[nH]n1. The Morgan fingerprint density at radius 1 is 1.40 bits per heavy atom. The van der Waals surface area contributed by atoms with Crippen molar-refractivity contribution < 1.29 is 4.79 Å². The third-order valence-corrected chi connectivity index (χ3v) is 5.46. The summed E-state index contributed by atoms with van der Waals surface area (Å²) in [5.41, 5.74) is 2.21. The van der Waals surface area contributed by atoms with Gasteiger partial charge in [-0.15, -0.1) is 11.3 Å². The maximum absolute atomic E-state index is 11.5. The van der Waals surface area contributed by atoms with E-state index in [1.165, 1.54) is 29.9 Å². The molecule has 6 nitrogen and oxygen atoms in total. The minimum absolute atomic E-state index is 0.0592. The average molecular weight is 351 g/mol. The van der Waals surface area contributed by atoms with Crippen LogP contribution in [0.5, 0.6) is 0 Å². The van der Waals surface area contributed by atoms with E-state index in [1.807, 2.05) is 18.3 Å². The fraction of sp³-hybridized carbons (Fsp3) is 0.294. The normalized spacial score (nSPS) is 13.7. The number of anilines is 2. The van der Waals surface area contributed by atoms with Gasteiger partial charge in [0.25, 0.3) is 0 Å². The van der Waals surface area contributed by atoms with Gasteiger partial charge in [-0.05, 0) is 37.4 Å². The van der Waals surface area contributed by atoms with Gasteiger partial charge in [0.1, 0.15) is 5.82 Å². The number of aromatic amines is 1. The lowest BCUT2D eigenvalue weighted by atomic mass is 9.74. The molecule has 3 aromatic heterocycles. The van der Waals surface area contributed by atoms with Crippen LogP contribution in [0.25, 0.3) is 10.7 Å². The first-order valence-electron chi connectivity index (χ1n) is 8.43. The number of carbonyl (C=O) groups excluding carboxylic acids is 1. The van der Waals surface area contributed by atoms with Crippen molar-refractivity contribution in [1.29, 1.82) is 0 Å². The van der Waals surface area contributed by atoms with Crippen LogP contribution in [0.15, 0.2) is 24.4 Å². The summed E-state index contributed by atoms with van der Waals surface area (Å²) in [7, 11) is 0.825. The summed E-state index contributed by atoms with van der Waals surface area (Å²) in [6.07, 6.45) is 4.30. The number of aromatic nitrogens is 4. The predicted molar refractivity (Wildman–Crippen MR) is 102 cm³/mol. The maximum Gasteiger partial charge on any atom is 0.171 e. The van der Waals surface area contributed by atoms with Crippen molar-refractivity contribution >= 4 is 41.5 Å². The molecule has 8 heteroatoms. The Morgan fingerprint density at radius 2 is 2.24 bits per heavy atom. The summed E-state index contributed by atoms with van der Waals surface area (Å²) >= 11 is 1.41. The molecule has 0 aromatic carbocycles. The number of ketones is 1. The molecule has 1 aliphatic rings. The molecule has 0 aliphatic heterocycles. The molecule has 0 unspecified atom stereocenters. The molecule has 0 atom stereocenters. The van der Waals surface area contributed by atoms with E-state index in [-0.39, 0.29) is 5.78 Å². The van der Waals surface area contributed by atoms with Crippen molar-refractivity contribution in [1.82, 2.24) is 20.2 Å². The standard InChI is InChI=1S/C17H18BN5OS/c1-9(24)13-5-6-14(25-13)17-19-8-11(18-2)16(21-17)20-15-7-12(22-23-15)10-3-4-10/h5-8,10,18H,3-4H2,1-2H3,(H2,19,20,21,22,23). The van der Waals surface area contributed by atoms with Gasteiger partial charge in [-0.25, -0.2) is 9.97 Å². The van der Waals surface area contributed by atoms with Gasteiger partial charge < -0.3 is 5.32 Å². The van der Waals surface area contributed by atoms with Crippen LogP contribution in [0, 0.1) is 0 Å². The number of carbonyl (C=O) groups is 1. The van der Waals surface area contributed by atoms with E-state index < -0.39 is 0 Å². The van der Waals surface area contributed by atoms with E-state index in [0.717, 1.165) is 29.3 Å². The highest BCUT2D eigenvalue weighted by Crippen LogP contribution is 2.39. The number of rotatable bonds is 6. The van der Waals surface area contributed by atoms with Gasteiger partial charge >= 0.3 is 0 Å². The molecular formula is C17H18BN5OS. The first kappa shape index (κ1) is 16.0. The highest BCUT2D eigenvalue weighted by molar-refractivity contribution is 7.17. The average Bonchev–Trinajstić information content (AvgIpc) is 3.15. The summed E-state index contributed by atoms with van der Waals surface area (Å²) < 4.78 is 0. The Morgan fingerprint density at radius 3 is 2.92 bits per heavy atom. The van der Waals surface area contributed by atoms with Crippen LogP contribution in [0.1, 0.15) is 41.0 Å². The van der Waals surface area contributed by atoms with Gasteiger partial charge in [-0.2, -0.15) is 5.10 Å². The first-order chi connectivity index (χ1) is 12.1. The number of nitrogens with one attached hydrogen (secondary N) is 2. The largest absolute Gasteiger partial charge is 0.324 e. The van der Waals surface area contributed by atoms with Crippen LogP contribution in [-0.4, -0.2) is 33.2 Å². The molecule has 2 N–H and O–H groups in total. The number of hydrogen-bond donors (Lipinski definition) is 2. The van der Waals surface area contributed by atoms with Crippen molar-refractivity contribution in [3.05, 3.63) is 35.0 Å². The smallest absolute Gasteiger partial charge is 0.171 e. The predicted octanol–water partition coefficient (Wildman–Crippen LogP) is 2.86. The number of H-pyrrole nitrogens is 1. The zero-order valence-electron chi connectivity index (χ0n) is 14.2. The molecular weight excluding hydrogens is 333 g/mol. The molecule has 0 radical (unpaired) electrons. The second-order valence-electron chi connectivity index (χ2n) is 6.25.